The van der Waals surface area contributed by atoms with Crippen LogP contribution in [0.1, 0.15) is 74.7 Å². The first-order chi connectivity index (χ1) is 15.0. The van der Waals surface area contributed by atoms with Gasteiger partial charge in [-0.05, 0) is 54.3 Å². The molecule has 0 aliphatic carbocycles. The summed E-state index contributed by atoms with van der Waals surface area (Å²) < 4.78 is 11.1. The summed E-state index contributed by atoms with van der Waals surface area (Å²) in [5.41, 5.74) is 6.38. The molecule has 2 N–H and O–H groups in total. The molecule has 0 fully saturated rings. The zero-order valence-electron chi connectivity index (χ0n) is 18.8. The molecule has 0 bridgehead atoms. The quantitative estimate of drug-likeness (QED) is 0.370. The molecule has 6 heteroatoms. The molecule has 2 rings (SSSR count). The van der Waals surface area contributed by atoms with Crippen molar-refractivity contribution in [2.24, 2.45) is 0 Å². The van der Waals surface area contributed by atoms with Gasteiger partial charge in [0.05, 0.1) is 6.61 Å². The van der Waals surface area contributed by atoms with Crippen molar-refractivity contribution in [3.05, 3.63) is 59.7 Å². The lowest BCUT2D eigenvalue weighted by atomic mass is 10.0. The third-order valence-electron chi connectivity index (χ3n) is 4.87. The maximum atomic E-state index is 12.2. The first-order valence-corrected chi connectivity index (χ1v) is 11.0. The molecule has 0 saturated heterocycles. The molecule has 0 heterocycles. The zero-order chi connectivity index (χ0) is 22.5. The maximum absolute atomic E-state index is 12.2. The van der Waals surface area contributed by atoms with Gasteiger partial charge in [0.1, 0.15) is 11.5 Å². The Morgan fingerprint density at radius 3 is 2.06 bits per heavy atom. The molecule has 0 atom stereocenters. The Balaban J connectivity index is 1.67. The summed E-state index contributed by atoms with van der Waals surface area (Å²) in [5.74, 6) is 0.925. The van der Waals surface area contributed by atoms with Gasteiger partial charge in [0, 0.05) is 5.56 Å². The van der Waals surface area contributed by atoms with E-state index in [4.69, 9.17) is 9.47 Å². The van der Waals surface area contributed by atoms with Crippen LogP contribution in [-0.4, -0.2) is 25.0 Å². The second-order valence-corrected chi connectivity index (χ2v) is 7.80. The van der Waals surface area contributed by atoms with Crippen LogP contribution < -0.4 is 20.3 Å². The number of unbranched alkanes of at least 4 members (excludes halogenated alkanes) is 4. The molecule has 2 amide bonds. The van der Waals surface area contributed by atoms with E-state index in [0.29, 0.717) is 23.8 Å². The second kappa shape index (κ2) is 13.3. The SMILES string of the molecule is CCCCCCCOc1ccc(C(=O)NNC(=O)COc2ccc(C(C)C)cc2)cc1. The van der Waals surface area contributed by atoms with Crippen LogP contribution in [0.2, 0.25) is 0 Å². The van der Waals surface area contributed by atoms with Crippen molar-refractivity contribution in [1.82, 2.24) is 10.9 Å². The fraction of sp³-hybridized carbons (Fsp3) is 0.440. The van der Waals surface area contributed by atoms with E-state index in [2.05, 4.69) is 31.6 Å². The monoisotopic (exact) mass is 426 g/mol. The molecule has 31 heavy (non-hydrogen) atoms. The van der Waals surface area contributed by atoms with E-state index in [1.807, 2.05) is 24.3 Å². The largest absolute Gasteiger partial charge is 0.494 e. The number of ether oxygens (including phenoxy) is 2. The molecule has 168 valence electrons. The zero-order valence-corrected chi connectivity index (χ0v) is 18.8. The fourth-order valence-corrected chi connectivity index (χ4v) is 2.93. The summed E-state index contributed by atoms with van der Waals surface area (Å²) in [6, 6.07) is 14.5. The van der Waals surface area contributed by atoms with Gasteiger partial charge in [-0.1, -0.05) is 58.6 Å². The summed E-state index contributed by atoms with van der Waals surface area (Å²) in [6.07, 6.45) is 5.92. The summed E-state index contributed by atoms with van der Waals surface area (Å²) in [4.78, 5) is 24.1. The summed E-state index contributed by atoms with van der Waals surface area (Å²) in [5, 5.41) is 0. The Morgan fingerprint density at radius 1 is 0.806 bits per heavy atom. The summed E-state index contributed by atoms with van der Waals surface area (Å²) in [6.45, 7) is 6.91. The lowest BCUT2D eigenvalue weighted by Crippen LogP contribution is -2.43. The van der Waals surface area contributed by atoms with Gasteiger partial charge >= 0.3 is 0 Å². The topological polar surface area (TPSA) is 76.7 Å². The molecule has 2 aromatic rings. The second-order valence-electron chi connectivity index (χ2n) is 7.80. The molecule has 0 aliphatic rings. The smallest absolute Gasteiger partial charge is 0.276 e. The van der Waals surface area contributed by atoms with Crippen molar-refractivity contribution >= 4 is 11.8 Å². The number of hydrogen-bond acceptors (Lipinski definition) is 4. The Kier molecular flexibility index (Phi) is 10.4. The third-order valence-corrected chi connectivity index (χ3v) is 4.87. The van der Waals surface area contributed by atoms with Gasteiger partial charge in [-0.25, -0.2) is 0 Å². The lowest BCUT2D eigenvalue weighted by molar-refractivity contribution is -0.123. The molecule has 0 unspecified atom stereocenters. The van der Waals surface area contributed by atoms with Crippen molar-refractivity contribution in [3.63, 3.8) is 0 Å². The number of amides is 2. The molecule has 0 saturated carbocycles. The average molecular weight is 427 g/mol. The van der Waals surface area contributed by atoms with Gasteiger partial charge in [-0.15, -0.1) is 0 Å². The number of hydrazine groups is 1. The number of carbonyl (C=O) groups is 2. The van der Waals surface area contributed by atoms with Crippen LogP contribution in [0.25, 0.3) is 0 Å². The molecular formula is C25H34N2O4. The van der Waals surface area contributed by atoms with Gasteiger partial charge in [0.15, 0.2) is 6.61 Å². The third kappa shape index (κ3) is 9.11. The Hall–Kier alpha value is -3.02. The first-order valence-electron chi connectivity index (χ1n) is 11.0. The maximum Gasteiger partial charge on any atom is 0.276 e. The number of hydrogen-bond donors (Lipinski definition) is 2. The number of benzene rings is 2. The highest BCUT2D eigenvalue weighted by Gasteiger charge is 2.09. The van der Waals surface area contributed by atoms with Crippen molar-refractivity contribution in [1.29, 1.82) is 0 Å². The van der Waals surface area contributed by atoms with Crippen molar-refractivity contribution in [3.8, 4) is 11.5 Å². The lowest BCUT2D eigenvalue weighted by Gasteiger charge is -2.10. The van der Waals surface area contributed by atoms with E-state index in [9.17, 15) is 9.59 Å². The van der Waals surface area contributed by atoms with E-state index in [0.717, 1.165) is 12.2 Å². The van der Waals surface area contributed by atoms with Crippen LogP contribution in [-0.2, 0) is 4.79 Å². The molecule has 0 aliphatic heterocycles. The van der Waals surface area contributed by atoms with E-state index < -0.39 is 11.8 Å². The molecule has 0 spiro atoms. The van der Waals surface area contributed by atoms with E-state index in [1.165, 1.54) is 31.2 Å². The van der Waals surface area contributed by atoms with Crippen LogP contribution in [0.4, 0.5) is 0 Å². The minimum atomic E-state index is -0.440. The minimum Gasteiger partial charge on any atom is -0.494 e. The number of rotatable bonds is 12. The Labute approximate surface area is 185 Å². The minimum absolute atomic E-state index is 0.188. The molecular weight excluding hydrogens is 392 g/mol. The highest BCUT2D eigenvalue weighted by atomic mass is 16.5. The molecule has 2 aromatic carbocycles. The Morgan fingerprint density at radius 2 is 1.42 bits per heavy atom. The molecule has 6 nitrogen and oxygen atoms in total. The van der Waals surface area contributed by atoms with Crippen LogP contribution in [0, 0.1) is 0 Å². The van der Waals surface area contributed by atoms with Gasteiger partial charge in [0.2, 0.25) is 0 Å². The summed E-state index contributed by atoms with van der Waals surface area (Å²) in [7, 11) is 0. The standard InChI is InChI=1S/C25H34N2O4/c1-4-5-6-7-8-17-30-22-15-11-21(12-16-22)25(29)27-26-24(28)18-31-23-13-9-20(10-14-23)19(2)3/h9-16,19H,4-8,17-18H2,1-3H3,(H,26,28)(H,27,29). The van der Waals surface area contributed by atoms with Crippen LogP contribution >= 0.6 is 0 Å². The van der Waals surface area contributed by atoms with Crippen molar-refractivity contribution in [2.75, 3.05) is 13.2 Å². The van der Waals surface area contributed by atoms with E-state index in [-0.39, 0.29) is 6.61 Å². The van der Waals surface area contributed by atoms with E-state index >= 15 is 0 Å². The fourth-order valence-electron chi connectivity index (χ4n) is 2.93. The van der Waals surface area contributed by atoms with Crippen LogP contribution in [0.15, 0.2) is 48.5 Å². The van der Waals surface area contributed by atoms with Crippen molar-refractivity contribution in [2.45, 2.75) is 58.8 Å². The van der Waals surface area contributed by atoms with Gasteiger partial charge in [-0.3, -0.25) is 20.4 Å². The van der Waals surface area contributed by atoms with Crippen LogP contribution in [0.5, 0.6) is 11.5 Å². The average Bonchev–Trinajstić information content (AvgIpc) is 2.79. The molecule has 0 radical (unpaired) electrons. The van der Waals surface area contributed by atoms with Gasteiger partial charge in [0.25, 0.3) is 11.8 Å². The van der Waals surface area contributed by atoms with Gasteiger partial charge < -0.3 is 9.47 Å². The van der Waals surface area contributed by atoms with Crippen molar-refractivity contribution < 1.29 is 19.1 Å². The normalized spacial score (nSPS) is 10.6. The highest BCUT2D eigenvalue weighted by Crippen LogP contribution is 2.18. The van der Waals surface area contributed by atoms with E-state index in [1.54, 1.807) is 24.3 Å². The number of nitrogens with one attached hydrogen (secondary N) is 2. The first kappa shape index (κ1) is 24.3. The van der Waals surface area contributed by atoms with Gasteiger partial charge in [-0.2, -0.15) is 0 Å². The van der Waals surface area contributed by atoms with Crippen LogP contribution in [0.3, 0.4) is 0 Å². The predicted molar refractivity (Wildman–Crippen MR) is 122 cm³/mol. The summed E-state index contributed by atoms with van der Waals surface area (Å²) >= 11 is 0. The highest BCUT2D eigenvalue weighted by molar-refractivity contribution is 5.95. The molecule has 0 aromatic heterocycles. The Bertz CT molecular complexity index is 801. The number of carbonyl (C=O) groups excluding carboxylic acids is 2. The predicted octanol–water partition coefficient (Wildman–Crippen LogP) is 5.00.